The van der Waals surface area contributed by atoms with Gasteiger partial charge in [0.1, 0.15) is 18.4 Å². The lowest BCUT2D eigenvalue weighted by Gasteiger charge is -2.40. The standard InChI is InChI=1S/C57H69N7O12/c1-33(2)49(58)51(66)60-34(3)50(65)61-38-15-11-35(12-16-38)30-76-55(70)64-44-27-48(46(73-7)25-42(44)53(68)63-32-57(19-20-57)31-56(63,4)54(64)69)75-22-10-8-9-21-74-47-26-43-41(24-45(47)72-6)52(67)62-29-37(23-39(62)28-59-43)36-13-17-40(71-5)18-14-36/h11-18,24-27,29,33-34,39,49,54,59,69H,8-10,19-23,28,30-32,58H2,1-7H3,(H,60,66)(H,61,65)/t34-,39-,49-,54?,56-/m0/s1. The first-order valence-electron chi connectivity index (χ1n) is 26.0. The number of aliphatic hydroxyl groups is 1. The van der Waals surface area contributed by atoms with Gasteiger partial charge in [0.2, 0.25) is 11.8 Å². The van der Waals surface area contributed by atoms with Gasteiger partial charge in [0, 0.05) is 37.1 Å². The van der Waals surface area contributed by atoms with Crippen molar-refractivity contribution in [3.05, 3.63) is 101 Å². The molecule has 0 radical (unpaired) electrons. The summed E-state index contributed by atoms with van der Waals surface area (Å²) in [6, 6.07) is 19.5. The van der Waals surface area contributed by atoms with Crippen molar-refractivity contribution in [1.82, 2.24) is 15.1 Å². The van der Waals surface area contributed by atoms with Crippen molar-refractivity contribution in [2.24, 2.45) is 17.1 Å². The predicted octanol–water partition coefficient (Wildman–Crippen LogP) is 7.31. The highest BCUT2D eigenvalue weighted by Gasteiger charge is 2.64. The monoisotopic (exact) mass is 1040 g/mol. The number of amides is 5. The van der Waals surface area contributed by atoms with Crippen LogP contribution in [0.3, 0.4) is 0 Å². The van der Waals surface area contributed by atoms with E-state index in [-0.39, 0.29) is 59.4 Å². The number of fused-ring (bicyclic) bond motifs is 4. The molecule has 4 heterocycles. The fourth-order valence-electron chi connectivity index (χ4n) is 10.6. The van der Waals surface area contributed by atoms with E-state index in [0.29, 0.717) is 85.1 Å². The maximum Gasteiger partial charge on any atom is 0.416 e. The molecule has 5 atom stereocenters. The molecule has 5 aliphatic rings. The van der Waals surface area contributed by atoms with Crippen LogP contribution >= 0.6 is 0 Å². The number of nitrogens with two attached hydrogens (primary N) is 1. The van der Waals surface area contributed by atoms with Crippen LogP contribution in [-0.4, -0.2) is 122 Å². The van der Waals surface area contributed by atoms with Gasteiger partial charge in [-0.05, 0) is 123 Å². The quantitative estimate of drug-likeness (QED) is 0.0580. The molecule has 4 aliphatic heterocycles. The number of benzene rings is 4. The van der Waals surface area contributed by atoms with E-state index in [4.69, 9.17) is 34.2 Å². The van der Waals surface area contributed by atoms with Gasteiger partial charge in [-0.1, -0.05) is 38.1 Å². The van der Waals surface area contributed by atoms with E-state index in [1.165, 1.54) is 7.11 Å². The molecule has 1 spiro atoms. The van der Waals surface area contributed by atoms with Crippen molar-refractivity contribution in [2.75, 3.05) is 63.2 Å². The van der Waals surface area contributed by atoms with Crippen LogP contribution in [0.25, 0.3) is 5.57 Å². The average molecular weight is 1040 g/mol. The summed E-state index contributed by atoms with van der Waals surface area (Å²) in [5.74, 6) is 0.915. The van der Waals surface area contributed by atoms with Crippen molar-refractivity contribution < 1.29 is 57.5 Å². The summed E-state index contributed by atoms with van der Waals surface area (Å²) in [6.07, 6.45) is 4.67. The van der Waals surface area contributed by atoms with Gasteiger partial charge in [-0.2, -0.15) is 0 Å². The summed E-state index contributed by atoms with van der Waals surface area (Å²) in [7, 11) is 4.66. The van der Waals surface area contributed by atoms with Gasteiger partial charge in [0.25, 0.3) is 11.8 Å². The second-order valence-corrected chi connectivity index (χ2v) is 21.1. The number of hydrogen-bond acceptors (Lipinski definition) is 14. The Hall–Kier alpha value is -7.51. The smallest absolute Gasteiger partial charge is 0.416 e. The second-order valence-electron chi connectivity index (χ2n) is 21.1. The van der Waals surface area contributed by atoms with Crippen LogP contribution in [0.1, 0.15) is 104 Å². The lowest BCUT2D eigenvalue weighted by Crippen LogP contribution is -2.59. The van der Waals surface area contributed by atoms with Gasteiger partial charge in [-0.3, -0.25) is 19.2 Å². The number of hydrogen-bond donors (Lipinski definition) is 5. The van der Waals surface area contributed by atoms with Crippen LogP contribution in [0.2, 0.25) is 0 Å². The highest BCUT2D eigenvalue weighted by Crippen LogP contribution is 2.60. The first kappa shape index (κ1) is 53.3. The lowest BCUT2D eigenvalue weighted by atomic mass is 9.90. The molecule has 0 bridgehead atoms. The Balaban J connectivity index is 0.825. The van der Waals surface area contributed by atoms with Gasteiger partial charge in [0.15, 0.2) is 29.2 Å². The third-order valence-corrected chi connectivity index (χ3v) is 15.4. The maximum atomic E-state index is 14.5. The Morgan fingerprint density at radius 1 is 0.816 bits per heavy atom. The van der Waals surface area contributed by atoms with Crippen LogP contribution in [0.5, 0.6) is 28.7 Å². The molecule has 1 saturated carbocycles. The first-order chi connectivity index (χ1) is 36.5. The second kappa shape index (κ2) is 22.0. The molecule has 19 heteroatoms. The largest absolute Gasteiger partial charge is 0.497 e. The van der Waals surface area contributed by atoms with E-state index in [1.54, 1.807) is 73.4 Å². The highest BCUT2D eigenvalue weighted by atomic mass is 16.6. The molecule has 1 saturated heterocycles. The molecule has 0 aromatic heterocycles. The van der Waals surface area contributed by atoms with Gasteiger partial charge in [0.05, 0.1) is 74.7 Å². The van der Waals surface area contributed by atoms with Gasteiger partial charge in [-0.15, -0.1) is 0 Å². The minimum Gasteiger partial charge on any atom is -0.497 e. The SMILES string of the molecule is COc1ccc(C2=CN3C(=O)c4cc(OC)c(OCCCCCOc5cc6c(cc5OC)C(=O)N5CC7(CC7)C[C@@]5(C)C(O)N6C(=O)OCc5ccc(NC(=O)[C@H](C)NC(=O)[C@@H](N)C(C)C)cc5)cc4NC[C@@H]3C2)cc1. The summed E-state index contributed by atoms with van der Waals surface area (Å²) in [5.41, 5.74) is 9.34. The number of nitrogens with one attached hydrogen (secondary N) is 3. The number of nitrogens with zero attached hydrogens (tertiary/aromatic N) is 3. The number of carbonyl (C=O) groups is 5. The molecule has 4 aromatic rings. The molecular formula is C57H69N7O12. The molecule has 6 N–H and O–H groups in total. The highest BCUT2D eigenvalue weighted by molar-refractivity contribution is 6.07. The predicted molar refractivity (Wildman–Crippen MR) is 285 cm³/mol. The Kier molecular flexibility index (Phi) is 15.4. The summed E-state index contributed by atoms with van der Waals surface area (Å²) < 4.78 is 35.2. The topological polar surface area (TPSA) is 233 Å². The van der Waals surface area contributed by atoms with Crippen molar-refractivity contribution in [3.8, 4) is 28.7 Å². The van der Waals surface area contributed by atoms with Crippen molar-refractivity contribution in [3.63, 3.8) is 0 Å². The average Bonchev–Trinajstić information content (AvgIpc) is 3.99. The summed E-state index contributed by atoms with van der Waals surface area (Å²) in [6.45, 7) is 8.48. The molecule has 19 nitrogen and oxygen atoms in total. The number of anilines is 3. The van der Waals surface area contributed by atoms with Crippen LogP contribution in [-0.2, 0) is 20.9 Å². The van der Waals surface area contributed by atoms with Crippen LogP contribution in [0.15, 0.2) is 79.0 Å². The lowest BCUT2D eigenvalue weighted by molar-refractivity contribution is -0.127. The van der Waals surface area contributed by atoms with E-state index < -0.39 is 41.8 Å². The summed E-state index contributed by atoms with van der Waals surface area (Å²) in [5, 5.41) is 21.2. The number of ether oxygens (including phenoxy) is 6. The number of carbonyl (C=O) groups excluding carboxylic acids is 5. The van der Waals surface area contributed by atoms with Gasteiger partial charge >= 0.3 is 6.09 Å². The summed E-state index contributed by atoms with van der Waals surface area (Å²) in [4.78, 5) is 72.7. The number of unbranched alkanes of at least 4 members (excludes halogenated alkanes) is 2. The van der Waals surface area contributed by atoms with Crippen LogP contribution in [0.4, 0.5) is 21.9 Å². The molecule has 76 heavy (non-hydrogen) atoms. The molecule has 4 aromatic carbocycles. The Morgan fingerprint density at radius 3 is 2.11 bits per heavy atom. The third-order valence-electron chi connectivity index (χ3n) is 15.4. The van der Waals surface area contributed by atoms with Crippen LogP contribution in [0, 0.1) is 11.3 Å². The fourth-order valence-corrected chi connectivity index (χ4v) is 10.6. The van der Waals surface area contributed by atoms with E-state index in [0.717, 1.165) is 41.0 Å². The van der Waals surface area contributed by atoms with Crippen LogP contribution < -0.4 is 50.3 Å². The van der Waals surface area contributed by atoms with Gasteiger partial charge < -0.3 is 65.0 Å². The summed E-state index contributed by atoms with van der Waals surface area (Å²) >= 11 is 0. The Labute approximate surface area is 442 Å². The molecule has 5 amide bonds. The zero-order valence-electron chi connectivity index (χ0n) is 44.2. The van der Waals surface area contributed by atoms with Crippen molar-refractivity contribution in [1.29, 1.82) is 0 Å². The normalized spacial score (nSPS) is 20.7. The Morgan fingerprint density at radius 2 is 1.47 bits per heavy atom. The zero-order chi connectivity index (χ0) is 54.1. The first-order valence-corrected chi connectivity index (χ1v) is 26.0. The van der Waals surface area contributed by atoms with Gasteiger partial charge in [-0.25, -0.2) is 9.69 Å². The molecule has 1 aliphatic carbocycles. The molecule has 1 unspecified atom stereocenters. The molecule has 2 fully saturated rings. The van der Waals surface area contributed by atoms with Crippen molar-refractivity contribution in [2.45, 2.75) is 109 Å². The maximum absolute atomic E-state index is 14.5. The number of rotatable bonds is 19. The van der Waals surface area contributed by atoms with E-state index in [1.807, 2.05) is 57.3 Å². The number of methoxy groups -OCH3 is 3. The zero-order valence-corrected chi connectivity index (χ0v) is 44.2. The van der Waals surface area contributed by atoms with E-state index in [9.17, 15) is 29.1 Å². The molecule has 404 valence electrons. The minimum absolute atomic E-state index is 0.0543. The third kappa shape index (κ3) is 10.8. The minimum atomic E-state index is -1.47. The number of aliphatic hydroxyl groups excluding tert-OH is 1. The Bertz CT molecular complexity index is 2890. The molecule has 9 rings (SSSR count). The molecular weight excluding hydrogens is 975 g/mol. The fraction of sp³-hybridized carbons (Fsp3) is 0.456. The van der Waals surface area contributed by atoms with Crippen molar-refractivity contribution >= 4 is 52.4 Å². The van der Waals surface area contributed by atoms with E-state index >= 15 is 0 Å². The van der Waals surface area contributed by atoms with E-state index in [2.05, 4.69) is 16.0 Å².